The Balaban J connectivity index is 2.17. The molecule has 3 nitrogen and oxygen atoms in total. The molecule has 60 valence electrons. The van der Waals surface area contributed by atoms with Crippen LogP contribution in [0, 0.1) is 5.92 Å². The minimum absolute atomic E-state index is 0.0961. The second kappa shape index (κ2) is 3.91. The molecule has 10 heavy (non-hydrogen) atoms. The topological polar surface area (TPSA) is 55.5 Å². The maximum atomic E-state index is 8.60. The third-order valence-corrected chi connectivity index (χ3v) is 2.26. The fourth-order valence-electron chi connectivity index (χ4n) is 1.35. The molecule has 1 fully saturated rings. The van der Waals surface area contributed by atoms with Gasteiger partial charge in [0.1, 0.15) is 0 Å². The van der Waals surface area contributed by atoms with Gasteiger partial charge in [0.05, 0.1) is 6.10 Å². The first kappa shape index (κ1) is 7.98. The molecule has 0 aromatic heterocycles. The van der Waals surface area contributed by atoms with E-state index in [0.29, 0.717) is 12.3 Å². The molecular formula is C7H15NO2. The van der Waals surface area contributed by atoms with Crippen molar-refractivity contribution in [3.8, 4) is 0 Å². The molecule has 1 atom stereocenters. The predicted molar refractivity (Wildman–Crippen MR) is 38.1 cm³/mol. The zero-order valence-corrected chi connectivity index (χ0v) is 6.12. The molecule has 1 rings (SSSR count). The van der Waals surface area contributed by atoms with Crippen molar-refractivity contribution in [2.75, 3.05) is 6.61 Å². The second-order valence-corrected chi connectivity index (χ2v) is 2.88. The van der Waals surface area contributed by atoms with Crippen molar-refractivity contribution < 1.29 is 9.94 Å². The van der Waals surface area contributed by atoms with Gasteiger partial charge in [-0.3, -0.25) is 0 Å². The lowest BCUT2D eigenvalue weighted by Gasteiger charge is -2.31. The average Bonchev–Trinajstić information content (AvgIpc) is 1.83. The Bertz CT molecular complexity index is 93.6. The first-order valence-corrected chi connectivity index (χ1v) is 3.85. The van der Waals surface area contributed by atoms with Gasteiger partial charge in [0.2, 0.25) is 0 Å². The van der Waals surface area contributed by atoms with Crippen LogP contribution in [0.15, 0.2) is 0 Å². The summed E-state index contributed by atoms with van der Waals surface area (Å²) in [5, 5.41) is 8.60. The highest BCUT2D eigenvalue weighted by molar-refractivity contribution is 4.77. The quantitative estimate of drug-likeness (QED) is 0.564. The molecule has 0 spiro atoms. The minimum Gasteiger partial charge on any atom is -0.396 e. The van der Waals surface area contributed by atoms with Gasteiger partial charge < -0.3 is 9.94 Å². The van der Waals surface area contributed by atoms with Crippen molar-refractivity contribution in [1.82, 2.24) is 0 Å². The van der Waals surface area contributed by atoms with Crippen LogP contribution in [0.2, 0.25) is 0 Å². The van der Waals surface area contributed by atoms with Crippen LogP contribution in [0.5, 0.6) is 0 Å². The summed E-state index contributed by atoms with van der Waals surface area (Å²) in [7, 11) is 0. The number of hydrogen-bond donors (Lipinski definition) is 2. The molecule has 1 saturated carbocycles. The van der Waals surface area contributed by atoms with Gasteiger partial charge in [0.15, 0.2) is 0 Å². The number of hydrogen-bond acceptors (Lipinski definition) is 3. The van der Waals surface area contributed by atoms with Crippen LogP contribution in [0.1, 0.15) is 25.7 Å². The van der Waals surface area contributed by atoms with Crippen molar-refractivity contribution in [3.05, 3.63) is 0 Å². The van der Waals surface area contributed by atoms with E-state index in [4.69, 9.17) is 15.8 Å². The highest BCUT2D eigenvalue weighted by atomic mass is 16.6. The summed E-state index contributed by atoms with van der Waals surface area (Å²) in [6.07, 6.45) is 4.49. The fourth-order valence-corrected chi connectivity index (χ4v) is 1.35. The molecule has 0 amide bonds. The van der Waals surface area contributed by atoms with E-state index in [1.807, 2.05) is 0 Å². The normalized spacial score (nSPS) is 22.2. The SMILES string of the molecule is NOC(CCO)C1CCC1. The van der Waals surface area contributed by atoms with Crippen LogP contribution >= 0.6 is 0 Å². The Morgan fingerprint density at radius 1 is 1.60 bits per heavy atom. The van der Waals surface area contributed by atoms with Gasteiger partial charge in [0.25, 0.3) is 0 Å². The Morgan fingerprint density at radius 3 is 2.60 bits per heavy atom. The van der Waals surface area contributed by atoms with Crippen molar-refractivity contribution in [1.29, 1.82) is 0 Å². The van der Waals surface area contributed by atoms with Crippen molar-refractivity contribution in [3.63, 3.8) is 0 Å². The van der Waals surface area contributed by atoms with Gasteiger partial charge >= 0.3 is 0 Å². The lowest BCUT2D eigenvalue weighted by molar-refractivity contribution is -0.0281. The fraction of sp³-hybridized carbons (Fsp3) is 1.00. The van der Waals surface area contributed by atoms with E-state index in [9.17, 15) is 0 Å². The van der Waals surface area contributed by atoms with Gasteiger partial charge in [-0.15, -0.1) is 0 Å². The molecule has 0 radical (unpaired) electrons. The zero-order valence-electron chi connectivity index (χ0n) is 6.12. The monoisotopic (exact) mass is 145 g/mol. The molecule has 1 aliphatic rings. The third kappa shape index (κ3) is 1.68. The lowest BCUT2D eigenvalue weighted by Crippen LogP contribution is -2.32. The van der Waals surface area contributed by atoms with E-state index in [2.05, 4.69) is 0 Å². The molecule has 0 heterocycles. The molecule has 0 aromatic carbocycles. The summed E-state index contributed by atoms with van der Waals surface area (Å²) >= 11 is 0. The maximum absolute atomic E-state index is 8.60. The molecule has 3 heteroatoms. The Labute approximate surface area is 61.1 Å². The largest absolute Gasteiger partial charge is 0.396 e. The molecule has 0 saturated heterocycles. The first-order chi connectivity index (χ1) is 4.88. The first-order valence-electron chi connectivity index (χ1n) is 3.85. The van der Waals surface area contributed by atoms with Crippen LogP contribution in [-0.2, 0) is 4.84 Å². The predicted octanol–water partition coefficient (Wildman–Crippen LogP) is 0.428. The highest BCUT2D eigenvalue weighted by Crippen LogP contribution is 2.31. The number of rotatable bonds is 4. The van der Waals surface area contributed by atoms with Crippen LogP contribution in [0.25, 0.3) is 0 Å². The number of nitrogens with two attached hydrogens (primary N) is 1. The summed E-state index contributed by atoms with van der Waals surface area (Å²) in [6.45, 7) is 0.179. The van der Waals surface area contributed by atoms with Crippen LogP contribution in [0.4, 0.5) is 0 Å². The van der Waals surface area contributed by atoms with Crippen LogP contribution in [-0.4, -0.2) is 17.8 Å². The van der Waals surface area contributed by atoms with Gasteiger partial charge in [-0.25, -0.2) is 5.90 Å². The van der Waals surface area contributed by atoms with Crippen LogP contribution < -0.4 is 5.90 Å². The van der Waals surface area contributed by atoms with E-state index >= 15 is 0 Å². The standard InChI is InChI=1S/C7H15NO2/c8-10-7(4-5-9)6-2-1-3-6/h6-7,9H,1-5,8H2. The molecule has 0 bridgehead atoms. The summed E-state index contributed by atoms with van der Waals surface area (Å²) in [6, 6.07) is 0. The van der Waals surface area contributed by atoms with Crippen LogP contribution in [0.3, 0.4) is 0 Å². The third-order valence-electron chi connectivity index (χ3n) is 2.26. The molecule has 1 aliphatic carbocycles. The molecule has 3 N–H and O–H groups in total. The lowest BCUT2D eigenvalue weighted by atomic mass is 9.80. The van der Waals surface area contributed by atoms with E-state index in [1.165, 1.54) is 19.3 Å². The molecule has 0 aromatic rings. The second-order valence-electron chi connectivity index (χ2n) is 2.88. The van der Waals surface area contributed by atoms with Gasteiger partial charge in [0, 0.05) is 6.61 Å². The van der Waals surface area contributed by atoms with Gasteiger partial charge in [-0.1, -0.05) is 6.42 Å². The number of aliphatic hydroxyl groups excluding tert-OH is 1. The summed E-state index contributed by atoms with van der Waals surface area (Å²) < 4.78 is 0. The Kier molecular flexibility index (Phi) is 3.12. The van der Waals surface area contributed by atoms with E-state index in [0.717, 1.165) is 0 Å². The summed E-state index contributed by atoms with van der Waals surface area (Å²) in [4.78, 5) is 4.73. The molecule has 1 unspecified atom stereocenters. The minimum atomic E-state index is 0.0961. The summed E-state index contributed by atoms with van der Waals surface area (Å²) in [5.74, 6) is 5.67. The average molecular weight is 145 g/mol. The Hall–Kier alpha value is -0.120. The molecular weight excluding hydrogens is 130 g/mol. The Morgan fingerprint density at radius 2 is 2.30 bits per heavy atom. The van der Waals surface area contributed by atoms with E-state index < -0.39 is 0 Å². The number of aliphatic hydroxyl groups is 1. The van der Waals surface area contributed by atoms with Gasteiger partial charge in [-0.2, -0.15) is 0 Å². The maximum Gasteiger partial charge on any atom is 0.0837 e. The van der Waals surface area contributed by atoms with Gasteiger partial charge in [-0.05, 0) is 25.2 Å². The van der Waals surface area contributed by atoms with Crippen molar-refractivity contribution >= 4 is 0 Å². The van der Waals surface area contributed by atoms with E-state index in [1.54, 1.807) is 0 Å². The summed E-state index contributed by atoms with van der Waals surface area (Å²) in [5.41, 5.74) is 0. The van der Waals surface area contributed by atoms with Crippen molar-refractivity contribution in [2.45, 2.75) is 31.8 Å². The smallest absolute Gasteiger partial charge is 0.0837 e. The van der Waals surface area contributed by atoms with Crippen molar-refractivity contribution in [2.24, 2.45) is 11.8 Å². The van der Waals surface area contributed by atoms with E-state index in [-0.39, 0.29) is 12.7 Å². The molecule has 0 aliphatic heterocycles. The zero-order chi connectivity index (χ0) is 7.40. The highest BCUT2D eigenvalue weighted by Gasteiger charge is 2.26.